The van der Waals surface area contributed by atoms with Crippen LogP contribution >= 0.6 is 0 Å². The number of hydrogen-bond acceptors (Lipinski definition) is 2. The van der Waals surface area contributed by atoms with Crippen molar-refractivity contribution in [2.45, 2.75) is 50.7 Å². The van der Waals surface area contributed by atoms with E-state index in [9.17, 15) is 22.8 Å². The van der Waals surface area contributed by atoms with Gasteiger partial charge in [0.2, 0.25) is 5.91 Å². The summed E-state index contributed by atoms with van der Waals surface area (Å²) in [5.74, 6) is -0.939. The number of carbonyl (C=O) groups excluding carboxylic acids is 2. The first-order chi connectivity index (χ1) is 10.3. The second-order valence-electron chi connectivity index (χ2n) is 6.16. The molecule has 2 aliphatic carbocycles. The minimum atomic E-state index is -4.15. The topological polar surface area (TPSA) is 70.2 Å². The van der Waals surface area contributed by atoms with Gasteiger partial charge in [0.25, 0.3) is 0 Å². The number of hydrogen-bond donors (Lipinski definition) is 3. The molecule has 2 saturated carbocycles. The zero-order chi connectivity index (χ0) is 16.2. The molecule has 0 spiro atoms. The zero-order valence-corrected chi connectivity index (χ0v) is 12.3. The first-order valence-corrected chi connectivity index (χ1v) is 7.72. The number of amides is 3. The predicted octanol–water partition coefficient (Wildman–Crippen LogP) is 1.93. The third kappa shape index (κ3) is 5.73. The molecule has 3 amide bonds. The number of alkyl halides is 3. The Bertz CT molecular complexity index is 403. The van der Waals surface area contributed by atoms with Gasteiger partial charge in [-0.15, -0.1) is 0 Å². The Labute approximate surface area is 127 Å². The van der Waals surface area contributed by atoms with Crippen LogP contribution in [0, 0.1) is 11.8 Å². The monoisotopic (exact) mass is 321 g/mol. The maximum Gasteiger partial charge on any atom is 0.391 e. The molecule has 0 unspecified atom stereocenters. The third-order valence-corrected chi connectivity index (χ3v) is 4.22. The van der Waals surface area contributed by atoms with E-state index in [1.165, 1.54) is 0 Å². The molecule has 0 aliphatic heterocycles. The van der Waals surface area contributed by atoms with Crippen LogP contribution in [0.15, 0.2) is 0 Å². The molecule has 2 rings (SSSR count). The molecule has 3 N–H and O–H groups in total. The van der Waals surface area contributed by atoms with Crippen LogP contribution in [0.3, 0.4) is 0 Å². The Morgan fingerprint density at radius 2 is 1.59 bits per heavy atom. The first kappa shape index (κ1) is 16.9. The lowest BCUT2D eigenvalue weighted by Gasteiger charge is -2.30. The molecule has 8 heteroatoms. The molecule has 0 atom stereocenters. The molecule has 0 aromatic heterocycles. The fourth-order valence-electron chi connectivity index (χ4n) is 2.60. The average molecular weight is 321 g/mol. The standard InChI is InChI=1S/C14H22F3N3O2/c15-14(16,17)10-3-5-11(6-4-10)20-13(22)19-8-12(21)18-7-9-1-2-9/h9-11H,1-8H2,(H,18,21)(H2,19,20,22). The number of nitrogens with one attached hydrogen (secondary N) is 3. The quantitative estimate of drug-likeness (QED) is 0.724. The predicted molar refractivity (Wildman–Crippen MR) is 74.1 cm³/mol. The van der Waals surface area contributed by atoms with Crippen LogP contribution < -0.4 is 16.0 Å². The van der Waals surface area contributed by atoms with Crippen molar-refractivity contribution >= 4 is 11.9 Å². The normalized spacial score (nSPS) is 25.4. The van der Waals surface area contributed by atoms with Crippen LogP contribution in [0.4, 0.5) is 18.0 Å². The van der Waals surface area contributed by atoms with Gasteiger partial charge in [-0.1, -0.05) is 0 Å². The van der Waals surface area contributed by atoms with Crippen LogP contribution in [0.2, 0.25) is 0 Å². The van der Waals surface area contributed by atoms with Gasteiger partial charge in [0.15, 0.2) is 0 Å². The summed E-state index contributed by atoms with van der Waals surface area (Å²) in [6.07, 6.45) is -1.18. The molecule has 0 aromatic carbocycles. The minimum absolute atomic E-state index is 0.0380. The summed E-state index contributed by atoms with van der Waals surface area (Å²) < 4.78 is 37.6. The molecule has 0 heterocycles. The zero-order valence-electron chi connectivity index (χ0n) is 12.3. The highest BCUT2D eigenvalue weighted by Gasteiger charge is 2.41. The lowest BCUT2D eigenvalue weighted by molar-refractivity contribution is -0.182. The maximum absolute atomic E-state index is 12.5. The van der Waals surface area contributed by atoms with E-state index >= 15 is 0 Å². The maximum atomic E-state index is 12.5. The van der Waals surface area contributed by atoms with Crippen LogP contribution in [-0.4, -0.2) is 37.2 Å². The summed E-state index contributed by atoms with van der Waals surface area (Å²) in [7, 11) is 0. The fraction of sp³-hybridized carbons (Fsp3) is 0.857. The van der Waals surface area contributed by atoms with Gasteiger partial charge in [0.05, 0.1) is 12.5 Å². The van der Waals surface area contributed by atoms with E-state index < -0.39 is 18.1 Å². The van der Waals surface area contributed by atoms with Gasteiger partial charge in [-0.3, -0.25) is 4.79 Å². The van der Waals surface area contributed by atoms with Crippen LogP contribution in [0.5, 0.6) is 0 Å². The molecule has 2 aliphatic rings. The van der Waals surface area contributed by atoms with Gasteiger partial charge in [-0.25, -0.2) is 4.79 Å². The highest BCUT2D eigenvalue weighted by atomic mass is 19.4. The van der Waals surface area contributed by atoms with Crippen molar-refractivity contribution < 1.29 is 22.8 Å². The van der Waals surface area contributed by atoms with Gasteiger partial charge >= 0.3 is 12.2 Å². The first-order valence-electron chi connectivity index (χ1n) is 7.72. The molecule has 2 fully saturated rings. The molecule has 0 radical (unpaired) electrons. The van der Waals surface area contributed by atoms with Crippen molar-refractivity contribution in [3.63, 3.8) is 0 Å². The van der Waals surface area contributed by atoms with E-state index in [1.807, 2.05) is 0 Å². The molecule has 0 saturated heterocycles. The molecular weight excluding hydrogens is 299 g/mol. The fourth-order valence-corrected chi connectivity index (χ4v) is 2.60. The summed E-state index contributed by atoms with van der Waals surface area (Å²) >= 11 is 0. The van der Waals surface area contributed by atoms with E-state index in [2.05, 4.69) is 16.0 Å². The van der Waals surface area contributed by atoms with Crippen molar-refractivity contribution in [1.29, 1.82) is 0 Å². The van der Waals surface area contributed by atoms with E-state index in [0.717, 1.165) is 12.8 Å². The molecule has 0 bridgehead atoms. The van der Waals surface area contributed by atoms with Gasteiger partial charge in [0, 0.05) is 12.6 Å². The Kier molecular flexibility index (Phi) is 5.52. The van der Waals surface area contributed by atoms with Crippen molar-refractivity contribution in [2.75, 3.05) is 13.1 Å². The Hall–Kier alpha value is -1.47. The minimum Gasteiger partial charge on any atom is -0.354 e. The summed E-state index contributed by atoms with van der Waals surface area (Å²) in [5, 5.41) is 7.78. The smallest absolute Gasteiger partial charge is 0.354 e. The van der Waals surface area contributed by atoms with E-state index in [-0.39, 0.29) is 31.3 Å². The van der Waals surface area contributed by atoms with Gasteiger partial charge in [0.1, 0.15) is 0 Å². The molecule has 22 heavy (non-hydrogen) atoms. The van der Waals surface area contributed by atoms with E-state index in [0.29, 0.717) is 25.3 Å². The molecule has 126 valence electrons. The van der Waals surface area contributed by atoms with Crippen LogP contribution in [0.1, 0.15) is 38.5 Å². The summed E-state index contributed by atoms with van der Waals surface area (Å²) in [6.45, 7) is 0.528. The second kappa shape index (κ2) is 7.19. The molecule has 5 nitrogen and oxygen atoms in total. The van der Waals surface area contributed by atoms with Crippen molar-refractivity contribution in [1.82, 2.24) is 16.0 Å². The number of carbonyl (C=O) groups is 2. The molecule has 0 aromatic rings. The van der Waals surface area contributed by atoms with Crippen LogP contribution in [0.25, 0.3) is 0 Å². The number of halogens is 3. The largest absolute Gasteiger partial charge is 0.391 e. The Morgan fingerprint density at radius 1 is 0.955 bits per heavy atom. The van der Waals surface area contributed by atoms with Gasteiger partial charge in [-0.05, 0) is 44.4 Å². The third-order valence-electron chi connectivity index (χ3n) is 4.22. The highest BCUT2D eigenvalue weighted by Crippen LogP contribution is 2.37. The van der Waals surface area contributed by atoms with Crippen LogP contribution in [-0.2, 0) is 4.79 Å². The lowest BCUT2D eigenvalue weighted by atomic mass is 9.86. The Balaban J connectivity index is 1.58. The van der Waals surface area contributed by atoms with Crippen molar-refractivity contribution in [3.8, 4) is 0 Å². The summed E-state index contributed by atoms with van der Waals surface area (Å²) in [4.78, 5) is 23.1. The average Bonchev–Trinajstić information content (AvgIpc) is 3.27. The highest BCUT2D eigenvalue weighted by molar-refractivity contribution is 5.83. The number of rotatable bonds is 5. The van der Waals surface area contributed by atoms with E-state index in [1.54, 1.807) is 0 Å². The van der Waals surface area contributed by atoms with E-state index in [4.69, 9.17) is 0 Å². The summed E-state index contributed by atoms with van der Waals surface area (Å²) in [5.41, 5.74) is 0. The molecular formula is C14H22F3N3O2. The SMILES string of the molecule is O=C(CNC(=O)NC1CCC(C(F)(F)F)CC1)NCC1CC1. The lowest BCUT2D eigenvalue weighted by Crippen LogP contribution is -2.47. The van der Waals surface area contributed by atoms with Gasteiger partial charge < -0.3 is 16.0 Å². The number of urea groups is 1. The second-order valence-corrected chi connectivity index (χ2v) is 6.16. The van der Waals surface area contributed by atoms with Crippen molar-refractivity contribution in [2.24, 2.45) is 11.8 Å². The van der Waals surface area contributed by atoms with Gasteiger partial charge in [-0.2, -0.15) is 13.2 Å². The summed E-state index contributed by atoms with van der Waals surface area (Å²) in [6, 6.07) is -0.759. The Morgan fingerprint density at radius 3 is 2.14 bits per heavy atom. The van der Waals surface area contributed by atoms with Crippen molar-refractivity contribution in [3.05, 3.63) is 0 Å².